The summed E-state index contributed by atoms with van der Waals surface area (Å²) in [4.78, 5) is 21.9. The lowest BCUT2D eigenvalue weighted by Gasteiger charge is -2.29. The summed E-state index contributed by atoms with van der Waals surface area (Å²) in [6.07, 6.45) is 3.71. The number of fused-ring (bicyclic) bond motifs is 3. The third-order valence-electron chi connectivity index (χ3n) is 4.45. The van der Waals surface area contributed by atoms with Crippen LogP contribution in [-0.4, -0.2) is 25.1 Å². The summed E-state index contributed by atoms with van der Waals surface area (Å²) in [5, 5.41) is 3.31. The Bertz CT molecular complexity index is 1010. The predicted octanol–water partition coefficient (Wildman–Crippen LogP) is 3.62. The molecule has 3 heterocycles. The highest BCUT2D eigenvalue weighted by Gasteiger charge is 2.33. The number of aromatic nitrogens is 4. The van der Waals surface area contributed by atoms with Crippen molar-refractivity contribution in [3.8, 4) is 17.2 Å². The average Bonchev–Trinajstić information content (AvgIpc) is 3.17. The Labute approximate surface area is 146 Å². The van der Waals surface area contributed by atoms with Crippen LogP contribution in [0.2, 0.25) is 0 Å². The van der Waals surface area contributed by atoms with Gasteiger partial charge < -0.3 is 4.52 Å². The van der Waals surface area contributed by atoms with Crippen molar-refractivity contribution >= 4 is 22.7 Å². The van der Waals surface area contributed by atoms with Gasteiger partial charge in [0.1, 0.15) is 17.8 Å². The second kappa shape index (κ2) is 5.13. The first-order valence-electron chi connectivity index (χ1n) is 7.79. The van der Waals surface area contributed by atoms with Gasteiger partial charge in [-0.2, -0.15) is 4.98 Å². The molecule has 0 unspecified atom stereocenters. The molecule has 1 aromatic carbocycles. The number of carbonyl (C=O) groups excluding carboxylic acids is 1. The summed E-state index contributed by atoms with van der Waals surface area (Å²) in [5.74, 6) is 0.880. The number of hydrogen-bond donors (Lipinski definition) is 0. The van der Waals surface area contributed by atoms with Crippen LogP contribution in [0.1, 0.15) is 30.3 Å². The van der Waals surface area contributed by atoms with E-state index in [0.717, 1.165) is 12.8 Å². The zero-order chi connectivity index (χ0) is 17.1. The van der Waals surface area contributed by atoms with Gasteiger partial charge in [-0.1, -0.05) is 5.16 Å². The maximum Gasteiger partial charge on any atom is 0.321 e. The quantitative estimate of drug-likeness (QED) is 0.516. The molecule has 126 valence electrons. The molecule has 0 spiro atoms. The van der Waals surface area contributed by atoms with Crippen LogP contribution in [0, 0.1) is 5.82 Å². The van der Waals surface area contributed by atoms with Gasteiger partial charge in [-0.3, -0.25) is 14.3 Å². The molecule has 1 amide bonds. The molecule has 25 heavy (non-hydrogen) atoms. The van der Waals surface area contributed by atoms with Gasteiger partial charge in [0.25, 0.3) is 0 Å². The minimum atomic E-state index is -0.697. The van der Waals surface area contributed by atoms with Gasteiger partial charge in [-0.25, -0.2) is 9.37 Å². The average molecular weight is 360 g/mol. The van der Waals surface area contributed by atoms with Crippen LogP contribution in [0.25, 0.3) is 17.2 Å². The van der Waals surface area contributed by atoms with Crippen molar-refractivity contribution in [2.75, 3.05) is 4.90 Å². The number of halogens is 2. The van der Waals surface area contributed by atoms with Gasteiger partial charge in [-0.05, 0) is 42.6 Å². The van der Waals surface area contributed by atoms with Crippen molar-refractivity contribution in [2.24, 2.45) is 0 Å². The van der Waals surface area contributed by atoms with Crippen LogP contribution in [0.3, 0.4) is 0 Å². The molecule has 0 saturated heterocycles. The molecule has 1 fully saturated rings. The van der Waals surface area contributed by atoms with Crippen LogP contribution in [-0.2, 0) is 6.54 Å². The molecule has 2 aliphatic rings. The molecule has 0 atom stereocenters. The van der Waals surface area contributed by atoms with Gasteiger partial charge in [0.15, 0.2) is 0 Å². The molecule has 0 radical (unpaired) electrons. The Morgan fingerprint density at radius 2 is 2.16 bits per heavy atom. The van der Waals surface area contributed by atoms with Gasteiger partial charge in [0, 0.05) is 5.92 Å². The number of benzene rings is 1. The number of imidazole rings is 1. The lowest BCUT2D eigenvalue weighted by Crippen LogP contribution is -2.31. The summed E-state index contributed by atoms with van der Waals surface area (Å²) in [6, 6.07) is 4.18. The van der Waals surface area contributed by atoms with E-state index in [1.54, 1.807) is 17.0 Å². The molecule has 2 aromatic heterocycles. The number of anilines is 1. The molecule has 1 saturated carbocycles. The van der Waals surface area contributed by atoms with E-state index in [9.17, 15) is 9.18 Å². The molecule has 5 rings (SSSR count). The standard InChI is InChI=1S/C16H11ClFN5O2/c17-16(24)22-6-12-13(14-20-15(25-21-14)8-1-2-8)19-7-23(12)10-4-3-9(18)5-11(10)22/h3-5,7-8H,1-2,6H2. The zero-order valence-electron chi connectivity index (χ0n) is 12.8. The highest BCUT2D eigenvalue weighted by Crippen LogP contribution is 2.40. The summed E-state index contributed by atoms with van der Waals surface area (Å²) in [6.45, 7) is 0.140. The Morgan fingerprint density at radius 3 is 2.92 bits per heavy atom. The molecular weight excluding hydrogens is 349 g/mol. The fraction of sp³-hybridized carbons (Fsp3) is 0.250. The van der Waals surface area contributed by atoms with Crippen molar-refractivity contribution < 1.29 is 13.7 Å². The second-order valence-electron chi connectivity index (χ2n) is 6.11. The minimum Gasteiger partial charge on any atom is -0.339 e. The van der Waals surface area contributed by atoms with Crippen molar-refractivity contribution in [3.63, 3.8) is 0 Å². The largest absolute Gasteiger partial charge is 0.339 e. The van der Waals surface area contributed by atoms with Crippen LogP contribution >= 0.6 is 11.6 Å². The van der Waals surface area contributed by atoms with Gasteiger partial charge >= 0.3 is 5.37 Å². The number of carbonyl (C=O) groups is 1. The van der Waals surface area contributed by atoms with Crippen LogP contribution in [0.5, 0.6) is 0 Å². The third kappa shape index (κ3) is 2.25. The van der Waals surface area contributed by atoms with E-state index in [2.05, 4.69) is 15.1 Å². The van der Waals surface area contributed by atoms with Gasteiger partial charge in [0.05, 0.1) is 23.6 Å². The summed E-state index contributed by atoms with van der Waals surface area (Å²) in [5.41, 5.74) is 2.22. The van der Waals surface area contributed by atoms with Gasteiger partial charge in [0.2, 0.25) is 11.7 Å². The van der Waals surface area contributed by atoms with E-state index < -0.39 is 11.2 Å². The molecule has 3 aromatic rings. The zero-order valence-corrected chi connectivity index (χ0v) is 13.6. The fourth-order valence-electron chi connectivity index (χ4n) is 3.05. The topological polar surface area (TPSA) is 77.1 Å². The molecule has 9 heteroatoms. The lowest BCUT2D eigenvalue weighted by atomic mass is 10.1. The number of amides is 1. The van der Waals surface area contributed by atoms with E-state index in [0.29, 0.717) is 40.4 Å². The van der Waals surface area contributed by atoms with E-state index in [1.165, 1.54) is 17.0 Å². The predicted molar refractivity (Wildman–Crippen MR) is 86.2 cm³/mol. The molecule has 7 nitrogen and oxygen atoms in total. The Kier molecular flexibility index (Phi) is 2.99. The number of nitrogens with zero attached hydrogens (tertiary/aromatic N) is 5. The molecule has 0 N–H and O–H groups in total. The number of rotatable bonds is 2. The normalized spacial score (nSPS) is 15.8. The monoisotopic (exact) mass is 359 g/mol. The molecule has 0 bridgehead atoms. The first-order chi connectivity index (χ1) is 12.1. The highest BCUT2D eigenvalue weighted by molar-refractivity contribution is 6.66. The summed E-state index contributed by atoms with van der Waals surface area (Å²) >= 11 is 5.71. The Morgan fingerprint density at radius 1 is 1.32 bits per heavy atom. The smallest absolute Gasteiger partial charge is 0.321 e. The van der Waals surface area contributed by atoms with Crippen molar-refractivity contribution in [3.05, 3.63) is 41.9 Å². The Hall–Kier alpha value is -2.74. The first-order valence-corrected chi connectivity index (χ1v) is 8.16. The fourth-order valence-corrected chi connectivity index (χ4v) is 3.21. The maximum absolute atomic E-state index is 13.6. The molecular formula is C16H11ClFN5O2. The van der Waals surface area contributed by atoms with Crippen molar-refractivity contribution in [1.82, 2.24) is 19.7 Å². The Balaban J connectivity index is 1.65. The van der Waals surface area contributed by atoms with E-state index in [1.807, 2.05) is 0 Å². The second-order valence-corrected chi connectivity index (χ2v) is 6.44. The minimum absolute atomic E-state index is 0.140. The molecule has 1 aliphatic carbocycles. The summed E-state index contributed by atoms with van der Waals surface area (Å²) < 4.78 is 20.7. The van der Waals surface area contributed by atoms with Crippen molar-refractivity contribution in [1.29, 1.82) is 0 Å². The van der Waals surface area contributed by atoms with Crippen molar-refractivity contribution in [2.45, 2.75) is 25.3 Å². The summed E-state index contributed by atoms with van der Waals surface area (Å²) in [7, 11) is 0. The molecule has 1 aliphatic heterocycles. The first kappa shape index (κ1) is 14.6. The van der Waals surface area contributed by atoms with E-state index in [-0.39, 0.29) is 6.54 Å². The van der Waals surface area contributed by atoms with Gasteiger partial charge in [-0.15, -0.1) is 0 Å². The van der Waals surface area contributed by atoms with Crippen LogP contribution in [0.15, 0.2) is 29.0 Å². The van der Waals surface area contributed by atoms with E-state index >= 15 is 0 Å². The number of hydrogen-bond acceptors (Lipinski definition) is 5. The van der Waals surface area contributed by atoms with Crippen LogP contribution < -0.4 is 4.90 Å². The lowest BCUT2D eigenvalue weighted by molar-refractivity contribution is 0.263. The maximum atomic E-state index is 13.6. The third-order valence-corrected chi connectivity index (χ3v) is 4.66. The van der Waals surface area contributed by atoms with E-state index in [4.69, 9.17) is 16.1 Å². The highest BCUT2D eigenvalue weighted by atomic mass is 35.5. The van der Waals surface area contributed by atoms with Crippen LogP contribution in [0.4, 0.5) is 14.9 Å². The SMILES string of the molecule is O=C(Cl)N1Cc2c(-c3noc(C4CC4)n3)ncn2-c2ccc(F)cc21.